The molecular weight excluding hydrogens is 296 g/mol. The molecule has 0 bridgehead atoms. The zero-order valence-corrected chi connectivity index (χ0v) is 10.5. The maximum Gasteiger partial charge on any atom is 0.438 e. The summed E-state index contributed by atoms with van der Waals surface area (Å²) in [5.74, 6) is -2.29. The molecule has 5 nitrogen and oxygen atoms in total. The number of aliphatic hydroxyl groups is 1. The first kappa shape index (κ1) is 15.2. The average molecular weight is 306 g/mol. The maximum atomic E-state index is 13.2. The summed E-state index contributed by atoms with van der Waals surface area (Å²) in [5.41, 5.74) is -3.40. The fourth-order valence-electron chi connectivity index (χ4n) is 1.70. The highest BCUT2D eigenvalue weighted by atomic mass is 19.4. The van der Waals surface area contributed by atoms with Gasteiger partial charge in [-0.3, -0.25) is 4.79 Å². The topological polar surface area (TPSA) is 62.1 Å². The van der Waals surface area contributed by atoms with E-state index in [4.69, 9.17) is 4.74 Å². The lowest BCUT2D eigenvalue weighted by atomic mass is 10.1. The largest absolute Gasteiger partial charge is 0.481 e. The Balaban J connectivity index is 2.07. The Morgan fingerprint density at radius 2 is 2.10 bits per heavy atom. The Bertz CT molecular complexity index is 576. The molecule has 1 aromatic carbocycles. The van der Waals surface area contributed by atoms with Crippen molar-refractivity contribution in [2.24, 2.45) is 5.10 Å². The van der Waals surface area contributed by atoms with E-state index in [1.807, 2.05) is 0 Å². The summed E-state index contributed by atoms with van der Waals surface area (Å²) >= 11 is 0. The number of benzene rings is 1. The van der Waals surface area contributed by atoms with Crippen molar-refractivity contribution in [2.75, 3.05) is 6.61 Å². The maximum absolute atomic E-state index is 13.2. The highest BCUT2D eigenvalue weighted by molar-refractivity contribution is 5.81. The van der Waals surface area contributed by atoms with Gasteiger partial charge in [-0.25, -0.2) is 4.39 Å². The van der Waals surface area contributed by atoms with E-state index in [0.29, 0.717) is 0 Å². The quantitative estimate of drug-likeness (QED) is 0.864. The van der Waals surface area contributed by atoms with Gasteiger partial charge < -0.3 is 9.84 Å². The number of hydrogen-bond donors (Lipinski definition) is 1. The van der Waals surface area contributed by atoms with E-state index in [1.165, 1.54) is 18.2 Å². The molecule has 21 heavy (non-hydrogen) atoms. The van der Waals surface area contributed by atoms with E-state index in [0.717, 1.165) is 12.3 Å². The second kappa shape index (κ2) is 5.32. The fraction of sp³-hybridized carbons (Fsp3) is 0.333. The number of para-hydroxylation sites is 1. The zero-order chi connectivity index (χ0) is 15.7. The van der Waals surface area contributed by atoms with Gasteiger partial charge in [0.2, 0.25) is 0 Å². The molecule has 0 saturated carbocycles. The molecule has 0 aromatic heterocycles. The number of carbonyl (C=O) groups excluding carboxylic acids is 1. The molecule has 2 rings (SSSR count). The molecule has 1 N–H and O–H groups in total. The molecule has 0 fully saturated rings. The molecule has 1 atom stereocenters. The van der Waals surface area contributed by atoms with Crippen molar-refractivity contribution < 1.29 is 32.2 Å². The molecule has 0 aliphatic carbocycles. The Hall–Kier alpha value is -2.16. The van der Waals surface area contributed by atoms with Crippen LogP contribution in [0.1, 0.15) is 6.42 Å². The lowest BCUT2D eigenvalue weighted by Crippen LogP contribution is -2.57. The van der Waals surface area contributed by atoms with Gasteiger partial charge in [0.25, 0.3) is 11.6 Å². The normalized spacial score (nSPS) is 21.7. The van der Waals surface area contributed by atoms with Gasteiger partial charge in [-0.05, 0) is 12.1 Å². The van der Waals surface area contributed by atoms with Crippen molar-refractivity contribution in [2.45, 2.75) is 18.3 Å². The molecule has 114 valence electrons. The van der Waals surface area contributed by atoms with E-state index in [-0.39, 0.29) is 10.8 Å². The van der Waals surface area contributed by atoms with Gasteiger partial charge in [0.1, 0.15) is 0 Å². The minimum Gasteiger partial charge on any atom is -0.481 e. The number of halogens is 4. The highest BCUT2D eigenvalue weighted by Gasteiger charge is 2.61. The Morgan fingerprint density at radius 1 is 1.43 bits per heavy atom. The number of alkyl halides is 3. The van der Waals surface area contributed by atoms with E-state index >= 15 is 0 Å². The van der Waals surface area contributed by atoms with Gasteiger partial charge in [-0.1, -0.05) is 12.1 Å². The smallest absolute Gasteiger partial charge is 0.438 e. The lowest BCUT2D eigenvalue weighted by molar-refractivity contribution is -0.302. The summed E-state index contributed by atoms with van der Waals surface area (Å²) in [5, 5.41) is 12.6. The van der Waals surface area contributed by atoms with Crippen LogP contribution in [0.25, 0.3) is 0 Å². The van der Waals surface area contributed by atoms with Crippen molar-refractivity contribution in [3.05, 3.63) is 30.1 Å². The van der Waals surface area contributed by atoms with Gasteiger partial charge in [0, 0.05) is 12.6 Å². The Morgan fingerprint density at radius 3 is 2.71 bits per heavy atom. The van der Waals surface area contributed by atoms with Crippen molar-refractivity contribution in [3.63, 3.8) is 0 Å². The first-order valence-corrected chi connectivity index (χ1v) is 5.77. The van der Waals surface area contributed by atoms with E-state index < -0.39 is 36.7 Å². The van der Waals surface area contributed by atoms with Crippen LogP contribution in [0.5, 0.6) is 5.75 Å². The van der Waals surface area contributed by atoms with Gasteiger partial charge in [0.15, 0.2) is 18.2 Å². The molecule has 0 radical (unpaired) electrons. The lowest BCUT2D eigenvalue weighted by Gasteiger charge is -2.32. The summed E-state index contributed by atoms with van der Waals surface area (Å²) in [6.07, 6.45) is -5.17. The van der Waals surface area contributed by atoms with Gasteiger partial charge in [0.05, 0.1) is 0 Å². The number of carbonyl (C=O) groups is 1. The third-order valence-electron chi connectivity index (χ3n) is 2.80. The van der Waals surface area contributed by atoms with E-state index in [9.17, 15) is 27.5 Å². The SMILES string of the molecule is O=C(COc1ccccc1F)N1N=CC[C@]1(O)C(F)(F)F. The molecule has 1 aliphatic heterocycles. The highest BCUT2D eigenvalue weighted by Crippen LogP contribution is 2.38. The van der Waals surface area contributed by atoms with Crippen molar-refractivity contribution in [3.8, 4) is 5.75 Å². The van der Waals surface area contributed by atoms with Crippen LogP contribution in [0.4, 0.5) is 17.6 Å². The number of ether oxygens (including phenoxy) is 1. The number of amides is 1. The molecule has 1 amide bonds. The summed E-state index contributed by atoms with van der Waals surface area (Å²) in [7, 11) is 0. The van der Waals surface area contributed by atoms with Gasteiger partial charge in [-0.2, -0.15) is 23.3 Å². The molecule has 0 unspecified atom stereocenters. The molecule has 0 spiro atoms. The minimum absolute atomic E-state index is 0.103. The van der Waals surface area contributed by atoms with Crippen LogP contribution in [-0.2, 0) is 4.79 Å². The van der Waals surface area contributed by atoms with Gasteiger partial charge in [-0.15, -0.1) is 0 Å². The monoisotopic (exact) mass is 306 g/mol. The summed E-state index contributed by atoms with van der Waals surface area (Å²) in [6.45, 7) is -0.892. The summed E-state index contributed by atoms with van der Waals surface area (Å²) < 4.78 is 56.3. The van der Waals surface area contributed by atoms with Crippen LogP contribution in [0.2, 0.25) is 0 Å². The molecule has 1 aliphatic rings. The van der Waals surface area contributed by atoms with Crippen molar-refractivity contribution >= 4 is 12.1 Å². The zero-order valence-electron chi connectivity index (χ0n) is 10.5. The van der Waals surface area contributed by atoms with Crippen LogP contribution in [0.3, 0.4) is 0 Å². The first-order chi connectivity index (χ1) is 9.75. The Kier molecular flexibility index (Phi) is 3.86. The van der Waals surface area contributed by atoms with Crippen LogP contribution in [0.15, 0.2) is 29.4 Å². The predicted octanol–water partition coefficient (Wildman–Crippen LogP) is 1.67. The second-order valence-electron chi connectivity index (χ2n) is 4.24. The summed E-state index contributed by atoms with van der Waals surface area (Å²) in [4.78, 5) is 11.7. The van der Waals surface area contributed by atoms with Crippen LogP contribution in [-0.4, -0.2) is 40.7 Å². The number of hydrogen-bond acceptors (Lipinski definition) is 4. The number of nitrogens with zero attached hydrogens (tertiary/aromatic N) is 2. The third kappa shape index (κ3) is 2.82. The predicted molar refractivity (Wildman–Crippen MR) is 62.9 cm³/mol. The van der Waals surface area contributed by atoms with Crippen LogP contribution >= 0.6 is 0 Å². The van der Waals surface area contributed by atoms with Crippen molar-refractivity contribution in [1.29, 1.82) is 0 Å². The van der Waals surface area contributed by atoms with E-state index in [1.54, 1.807) is 0 Å². The molecule has 0 saturated heterocycles. The first-order valence-electron chi connectivity index (χ1n) is 5.77. The summed E-state index contributed by atoms with van der Waals surface area (Å²) in [6, 6.07) is 5.10. The molecule has 1 aromatic rings. The number of hydrazone groups is 1. The Labute approximate surface area is 116 Å². The van der Waals surface area contributed by atoms with Crippen LogP contribution in [0, 0.1) is 5.82 Å². The molecule has 9 heteroatoms. The van der Waals surface area contributed by atoms with Gasteiger partial charge >= 0.3 is 6.18 Å². The van der Waals surface area contributed by atoms with Crippen molar-refractivity contribution in [1.82, 2.24) is 5.01 Å². The average Bonchev–Trinajstić information content (AvgIpc) is 2.80. The number of rotatable bonds is 3. The van der Waals surface area contributed by atoms with E-state index in [2.05, 4.69) is 5.10 Å². The minimum atomic E-state index is -5.07. The third-order valence-corrected chi connectivity index (χ3v) is 2.80. The molecular formula is C12H10F4N2O3. The fourth-order valence-corrected chi connectivity index (χ4v) is 1.70. The molecule has 1 heterocycles. The van der Waals surface area contributed by atoms with Crippen LogP contribution < -0.4 is 4.74 Å². The second-order valence-corrected chi connectivity index (χ2v) is 4.24. The standard InChI is InChI=1S/C12H10F4N2O3/c13-8-3-1-2-4-9(8)21-7-10(19)18-11(20,5-6-17-18)12(14,15)16/h1-4,6,20H,5,7H2/t11-/m0/s1.